The van der Waals surface area contributed by atoms with E-state index in [2.05, 4.69) is 0 Å². The second-order valence-electron chi connectivity index (χ2n) is 2.98. The van der Waals surface area contributed by atoms with Crippen molar-refractivity contribution in [3.05, 3.63) is 0 Å². The minimum Gasteiger partial charge on any atom is -0.393 e. The molecule has 0 aromatic rings. The van der Waals surface area contributed by atoms with E-state index in [9.17, 15) is 9.90 Å². The third kappa shape index (κ3) is 2.48. The van der Waals surface area contributed by atoms with Crippen LogP contribution in [0.4, 0.5) is 0 Å². The summed E-state index contributed by atoms with van der Waals surface area (Å²) in [6, 6.07) is 0. The molecule has 0 aromatic carbocycles. The molecule has 0 amide bonds. The standard InChI is InChI=1S/C8H14O2/c9-7-3-1-4-8(10)6-2-5-7/h7,9H,1-6H2. The summed E-state index contributed by atoms with van der Waals surface area (Å²) in [5.41, 5.74) is 0. The van der Waals surface area contributed by atoms with Crippen molar-refractivity contribution in [1.82, 2.24) is 0 Å². The van der Waals surface area contributed by atoms with Crippen molar-refractivity contribution in [2.75, 3.05) is 0 Å². The van der Waals surface area contributed by atoms with E-state index < -0.39 is 0 Å². The van der Waals surface area contributed by atoms with Crippen LogP contribution in [0, 0.1) is 0 Å². The van der Waals surface area contributed by atoms with Crippen LogP contribution >= 0.6 is 0 Å². The zero-order valence-corrected chi connectivity index (χ0v) is 6.18. The summed E-state index contributed by atoms with van der Waals surface area (Å²) >= 11 is 0. The number of Topliss-reactive ketones (excluding diaryl/α,β-unsaturated/α-hetero) is 1. The molecule has 0 aromatic heterocycles. The van der Waals surface area contributed by atoms with Gasteiger partial charge < -0.3 is 5.11 Å². The number of rotatable bonds is 0. The zero-order valence-electron chi connectivity index (χ0n) is 6.18. The normalized spacial score (nSPS) is 23.9. The SMILES string of the molecule is O=C1CCCC(O)CCC1. The largest absolute Gasteiger partial charge is 0.393 e. The third-order valence-corrected chi connectivity index (χ3v) is 1.99. The van der Waals surface area contributed by atoms with Crippen LogP contribution in [-0.4, -0.2) is 17.0 Å². The maximum Gasteiger partial charge on any atom is 0.132 e. The average Bonchev–Trinajstić information content (AvgIpc) is 1.84. The van der Waals surface area contributed by atoms with Gasteiger partial charge in [-0.2, -0.15) is 0 Å². The number of aliphatic hydroxyl groups excluding tert-OH is 1. The molecule has 0 heterocycles. The Hall–Kier alpha value is -0.370. The predicted molar refractivity (Wildman–Crippen MR) is 38.7 cm³/mol. The highest BCUT2D eigenvalue weighted by atomic mass is 16.3. The molecule has 0 saturated heterocycles. The number of ketones is 1. The van der Waals surface area contributed by atoms with Crippen LogP contribution < -0.4 is 0 Å². The highest BCUT2D eigenvalue weighted by Gasteiger charge is 2.11. The van der Waals surface area contributed by atoms with Gasteiger partial charge in [0.15, 0.2) is 0 Å². The Bertz CT molecular complexity index is 108. The highest BCUT2D eigenvalue weighted by molar-refractivity contribution is 5.78. The Labute approximate surface area is 61.2 Å². The molecule has 2 heteroatoms. The smallest absolute Gasteiger partial charge is 0.132 e. The van der Waals surface area contributed by atoms with Crippen LogP contribution in [0.15, 0.2) is 0 Å². The van der Waals surface area contributed by atoms with Gasteiger partial charge in [0.25, 0.3) is 0 Å². The summed E-state index contributed by atoms with van der Waals surface area (Å²) in [6.45, 7) is 0. The quantitative estimate of drug-likeness (QED) is 0.553. The molecule has 0 spiro atoms. The molecule has 1 aliphatic rings. The monoisotopic (exact) mass is 142 g/mol. The van der Waals surface area contributed by atoms with Crippen molar-refractivity contribution in [2.45, 2.75) is 44.6 Å². The summed E-state index contributed by atoms with van der Waals surface area (Å²) in [5, 5.41) is 9.19. The molecule has 1 N–H and O–H groups in total. The van der Waals surface area contributed by atoms with Crippen molar-refractivity contribution < 1.29 is 9.90 Å². The first-order valence-electron chi connectivity index (χ1n) is 3.99. The fourth-order valence-electron chi connectivity index (χ4n) is 1.34. The fraction of sp³-hybridized carbons (Fsp3) is 0.875. The number of aliphatic hydroxyl groups is 1. The molecule has 1 aliphatic carbocycles. The lowest BCUT2D eigenvalue weighted by Crippen LogP contribution is -2.12. The van der Waals surface area contributed by atoms with Gasteiger partial charge in [-0.05, 0) is 25.7 Å². The van der Waals surface area contributed by atoms with E-state index >= 15 is 0 Å². The second kappa shape index (κ2) is 3.71. The van der Waals surface area contributed by atoms with Gasteiger partial charge in [-0.3, -0.25) is 4.79 Å². The van der Waals surface area contributed by atoms with Crippen LogP contribution in [-0.2, 0) is 4.79 Å². The van der Waals surface area contributed by atoms with Crippen LogP contribution in [0.1, 0.15) is 38.5 Å². The third-order valence-electron chi connectivity index (χ3n) is 1.99. The summed E-state index contributed by atoms with van der Waals surface area (Å²) in [6.07, 6.45) is 4.58. The van der Waals surface area contributed by atoms with Gasteiger partial charge >= 0.3 is 0 Å². The maximum atomic E-state index is 10.9. The second-order valence-corrected chi connectivity index (χ2v) is 2.98. The van der Waals surface area contributed by atoms with E-state index in [-0.39, 0.29) is 6.10 Å². The molecule has 1 fully saturated rings. The van der Waals surface area contributed by atoms with Crippen molar-refractivity contribution in [3.8, 4) is 0 Å². The van der Waals surface area contributed by atoms with E-state index in [0.717, 1.165) is 25.7 Å². The molecule has 0 aliphatic heterocycles. The minimum atomic E-state index is -0.145. The van der Waals surface area contributed by atoms with Gasteiger partial charge in [-0.15, -0.1) is 0 Å². The summed E-state index contributed by atoms with van der Waals surface area (Å²) in [5.74, 6) is 0.368. The molecule has 0 atom stereocenters. The summed E-state index contributed by atoms with van der Waals surface area (Å²) < 4.78 is 0. The molecule has 0 bridgehead atoms. The Morgan fingerprint density at radius 3 is 2.20 bits per heavy atom. The van der Waals surface area contributed by atoms with Crippen LogP contribution in [0.3, 0.4) is 0 Å². The zero-order chi connectivity index (χ0) is 7.40. The first kappa shape index (κ1) is 7.73. The van der Waals surface area contributed by atoms with E-state index in [0.29, 0.717) is 18.6 Å². The van der Waals surface area contributed by atoms with Crippen LogP contribution in [0.2, 0.25) is 0 Å². The Balaban J connectivity index is 2.27. The Morgan fingerprint density at radius 2 is 1.70 bits per heavy atom. The van der Waals surface area contributed by atoms with E-state index in [1.807, 2.05) is 0 Å². The molecule has 0 radical (unpaired) electrons. The van der Waals surface area contributed by atoms with Gasteiger partial charge in [-0.1, -0.05) is 0 Å². The lowest BCUT2D eigenvalue weighted by atomic mass is 9.98. The fourth-order valence-corrected chi connectivity index (χ4v) is 1.34. The molecule has 2 nitrogen and oxygen atoms in total. The molecule has 1 rings (SSSR count). The van der Waals surface area contributed by atoms with Crippen molar-refractivity contribution in [2.24, 2.45) is 0 Å². The van der Waals surface area contributed by atoms with Crippen molar-refractivity contribution in [3.63, 3.8) is 0 Å². The number of carbonyl (C=O) groups excluding carboxylic acids is 1. The van der Waals surface area contributed by atoms with E-state index in [1.54, 1.807) is 0 Å². The Kier molecular flexibility index (Phi) is 2.87. The summed E-state index contributed by atoms with van der Waals surface area (Å²) in [7, 11) is 0. The average molecular weight is 142 g/mol. The van der Waals surface area contributed by atoms with Gasteiger partial charge in [0.2, 0.25) is 0 Å². The molecule has 10 heavy (non-hydrogen) atoms. The molecule has 58 valence electrons. The molecule has 1 saturated carbocycles. The maximum absolute atomic E-state index is 10.9. The van der Waals surface area contributed by atoms with E-state index in [1.165, 1.54) is 0 Å². The van der Waals surface area contributed by atoms with Crippen molar-refractivity contribution in [1.29, 1.82) is 0 Å². The Morgan fingerprint density at radius 1 is 1.20 bits per heavy atom. The van der Waals surface area contributed by atoms with Gasteiger partial charge in [-0.25, -0.2) is 0 Å². The summed E-state index contributed by atoms with van der Waals surface area (Å²) in [4.78, 5) is 10.9. The van der Waals surface area contributed by atoms with E-state index in [4.69, 9.17) is 0 Å². The first-order valence-corrected chi connectivity index (χ1v) is 3.99. The molecular formula is C8H14O2. The van der Waals surface area contributed by atoms with Gasteiger partial charge in [0.05, 0.1) is 6.10 Å². The van der Waals surface area contributed by atoms with Gasteiger partial charge in [0.1, 0.15) is 5.78 Å². The number of hydrogen-bond acceptors (Lipinski definition) is 2. The van der Waals surface area contributed by atoms with Crippen LogP contribution in [0.25, 0.3) is 0 Å². The van der Waals surface area contributed by atoms with Gasteiger partial charge in [0, 0.05) is 12.8 Å². The number of carbonyl (C=O) groups is 1. The predicted octanol–water partition coefficient (Wildman–Crippen LogP) is 1.27. The molecule has 0 unspecified atom stereocenters. The molecular weight excluding hydrogens is 128 g/mol. The number of hydrogen-bond donors (Lipinski definition) is 1. The lowest BCUT2D eigenvalue weighted by Gasteiger charge is -2.12. The van der Waals surface area contributed by atoms with Crippen LogP contribution in [0.5, 0.6) is 0 Å². The first-order chi connectivity index (χ1) is 4.79. The van der Waals surface area contributed by atoms with Crippen molar-refractivity contribution >= 4 is 5.78 Å². The highest BCUT2D eigenvalue weighted by Crippen LogP contribution is 2.14. The minimum absolute atomic E-state index is 0.145. The lowest BCUT2D eigenvalue weighted by molar-refractivity contribution is -0.119. The topological polar surface area (TPSA) is 37.3 Å².